The fraction of sp³-hybridized carbons (Fsp3) is 0.385. The molecule has 76 valence electrons. The first kappa shape index (κ1) is 12.6. The molecular weight excluding hydrogens is 177 g/mol. The number of rotatable bonds is 6. The van der Waals surface area contributed by atoms with E-state index in [-0.39, 0.29) is 0 Å². The molecule has 0 saturated carbocycles. The first-order valence-corrected chi connectivity index (χ1v) is 5.75. The Morgan fingerprint density at radius 3 is 2.67 bits per heavy atom. The molecule has 0 amide bonds. The van der Waals surface area contributed by atoms with Crippen LogP contribution < -0.4 is 5.32 Å². The molecule has 1 rings (SSSR count). The van der Waals surface area contributed by atoms with Gasteiger partial charge in [0.2, 0.25) is 0 Å². The van der Waals surface area contributed by atoms with Crippen LogP contribution in [0.25, 0.3) is 0 Å². The van der Waals surface area contributed by atoms with Crippen molar-refractivity contribution >= 4 is 17.7 Å². The predicted molar refractivity (Wildman–Crippen MR) is 67.3 cm³/mol. The molecule has 1 aromatic rings. The second kappa shape index (κ2) is 7.76. The number of nitrogens with one attached hydrogen (secondary N) is 1. The summed E-state index contributed by atoms with van der Waals surface area (Å²) in [5, 5.41) is 4.60. The van der Waals surface area contributed by atoms with E-state index in [1.807, 2.05) is 0 Å². The van der Waals surface area contributed by atoms with Crippen molar-refractivity contribution in [2.45, 2.75) is 24.5 Å². The summed E-state index contributed by atoms with van der Waals surface area (Å²) in [6.45, 7) is 3.20. The second-order valence-corrected chi connectivity index (χ2v) is 3.88. The molecule has 1 nitrogen and oxygen atoms in total. The molecule has 2 heteroatoms. The van der Waals surface area contributed by atoms with Gasteiger partial charge in [-0.2, -0.15) is 0 Å². The van der Waals surface area contributed by atoms with E-state index in [1.165, 1.54) is 5.56 Å². The molecule has 15 heavy (non-hydrogen) atoms. The third kappa shape index (κ3) is 5.84. The van der Waals surface area contributed by atoms with Crippen molar-refractivity contribution in [2.24, 2.45) is 0 Å². The maximum atomic E-state index is 3.48. The number of allylic oxidation sites excluding steroid dienone is 1. The van der Waals surface area contributed by atoms with E-state index in [4.69, 9.17) is 0 Å². The molecule has 1 unspecified atom stereocenters. The Hall–Kier alpha value is -0.483. The summed E-state index contributed by atoms with van der Waals surface area (Å²) in [6.07, 6.45) is 5.49. The van der Waals surface area contributed by atoms with E-state index in [0.29, 0.717) is 6.04 Å². The molecule has 0 heterocycles. The average molecular weight is 195 g/mol. The van der Waals surface area contributed by atoms with E-state index in [9.17, 15) is 0 Å². The van der Waals surface area contributed by atoms with Crippen LogP contribution in [-0.4, -0.2) is 30.3 Å². The Labute approximate surface area is 102 Å². The third-order valence-corrected chi connectivity index (χ3v) is 2.37. The summed E-state index contributed by atoms with van der Waals surface area (Å²) in [5.41, 5.74) is 1.40. The van der Waals surface area contributed by atoms with Gasteiger partial charge in [0.15, 0.2) is 0 Å². The normalized spacial score (nSPS) is 13.3. The van der Waals surface area contributed by atoms with Crippen molar-refractivity contribution in [3.63, 3.8) is 0 Å². The Morgan fingerprint density at radius 2 is 2.00 bits per heavy atom. The number of hydrogen-bond acceptors (Lipinski definition) is 1. The van der Waals surface area contributed by atoms with Gasteiger partial charge in [0, 0.05) is 0 Å². The van der Waals surface area contributed by atoms with Crippen LogP contribution in [0, 0.1) is 0 Å². The first-order valence-electron chi connectivity index (χ1n) is 5.75. The Morgan fingerprint density at radius 1 is 1.27 bits per heavy atom. The minimum atomic E-state index is 0.536. The molecule has 1 N–H and O–H groups in total. The summed E-state index contributed by atoms with van der Waals surface area (Å²) < 4.78 is 0. The quantitative estimate of drug-likeness (QED) is 0.542. The number of hydrogen-bond donors (Lipinski definition) is 1. The van der Waals surface area contributed by atoms with Crippen molar-refractivity contribution in [3.8, 4) is 0 Å². The molecule has 0 radical (unpaired) electrons. The van der Waals surface area contributed by atoms with E-state index in [0.717, 1.165) is 18.1 Å². The van der Waals surface area contributed by atoms with Crippen LogP contribution in [0.1, 0.15) is 12.5 Å². The standard InChI is InChI=1S/C13H18N.Li/c1-3-4-10-14-12(2)11-13-8-6-5-7-9-13;/h3-9,12,14H,1,10-11H2,2H3;. The van der Waals surface area contributed by atoms with Gasteiger partial charge in [-0.1, -0.05) is 0 Å². The molecule has 1 aromatic carbocycles. The fourth-order valence-corrected chi connectivity index (χ4v) is 1.56. The van der Waals surface area contributed by atoms with Gasteiger partial charge in [0.25, 0.3) is 0 Å². The molecule has 0 saturated heterocycles. The van der Waals surface area contributed by atoms with Crippen molar-refractivity contribution < 1.29 is 0 Å². The van der Waals surface area contributed by atoms with Crippen LogP contribution >= 0.6 is 0 Å². The SMILES string of the molecule is [Li][CH2]C=CCNC(C)Cc1ccccc1. The van der Waals surface area contributed by atoms with Crippen molar-refractivity contribution in [2.75, 3.05) is 6.54 Å². The summed E-state index contributed by atoms with van der Waals surface area (Å²) in [7, 11) is 0. The fourth-order valence-electron chi connectivity index (χ4n) is 1.56. The summed E-state index contributed by atoms with van der Waals surface area (Å²) in [6, 6.07) is 11.2. The second-order valence-electron chi connectivity index (χ2n) is 3.88. The van der Waals surface area contributed by atoms with Gasteiger partial charge in [-0.3, -0.25) is 0 Å². The molecule has 0 aliphatic rings. The average Bonchev–Trinajstić information content (AvgIpc) is 2.26. The van der Waals surface area contributed by atoms with Gasteiger partial charge in [-0.25, -0.2) is 0 Å². The van der Waals surface area contributed by atoms with Crippen LogP contribution in [0.3, 0.4) is 0 Å². The molecule has 0 aliphatic heterocycles. The maximum absolute atomic E-state index is 3.48. The van der Waals surface area contributed by atoms with Gasteiger partial charge < -0.3 is 0 Å². The zero-order valence-corrected chi connectivity index (χ0v) is 9.74. The van der Waals surface area contributed by atoms with Crippen LogP contribution in [0.5, 0.6) is 0 Å². The molecule has 0 fully saturated rings. The van der Waals surface area contributed by atoms with Crippen LogP contribution in [0.4, 0.5) is 0 Å². The number of benzene rings is 1. The van der Waals surface area contributed by atoms with Crippen LogP contribution in [-0.2, 0) is 6.42 Å². The topological polar surface area (TPSA) is 12.0 Å². The molecule has 0 bridgehead atoms. The van der Waals surface area contributed by atoms with Gasteiger partial charge in [0.1, 0.15) is 0 Å². The monoisotopic (exact) mass is 195 g/mol. The summed E-state index contributed by atoms with van der Waals surface area (Å²) in [4.78, 5) is 0. The van der Waals surface area contributed by atoms with E-state index >= 15 is 0 Å². The van der Waals surface area contributed by atoms with Crippen molar-refractivity contribution in [1.29, 1.82) is 0 Å². The van der Waals surface area contributed by atoms with Crippen molar-refractivity contribution in [3.05, 3.63) is 48.0 Å². The zero-order chi connectivity index (χ0) is 10.9. The molecule has 0 aliphatic carbocycles. The van der Waals surface area contributed by atoms with Gasteiger partial charge in [-0.15, -0.1) is 0 Å². The molecular formula is C13H18LiN. The zero-order valence-electron chi connectivity index (χ0n) is 9.74. The Balaban J connectivity index is 2.24. The van der Waals surface area contributed by atoms with E-state index in [2.05, 4.69) is 72.4 Å². The minimum absolute atomic E-state index is 0.536. The van der Waals surface area contributed by atoms with E-state index < -0.39 is 0 Å². The van der Waals surface area contributed by atoms with Gasteiger partial charge in [0.05, 0.1) is 0 Å². The third-order valence-electron chi connectivity index (χ3n) is 2.37. The van der Waals surface area contributed by atoms with Gasteiger partial charge in [-0.05, 0) is 0 Å². The Bertz CT molecular complexity index is 282. The van der Waals surface area contributed by atoms with E-state index in [1.54, 1.807) is 0 Å². The summed E-state index contributed by atoms with van der Waals surface area (Å²) in [5.74, 6) is 0. The first-order chi connectivity index (χ1) is 7.33. The van der Waals surface area contributed by atoms with Crippen molar-refractivity contribution in [1.82, 2.24) is 5.32 Å². The van der Waals surface area contributed by atoms with Crippen LogP contribution in [0.2, 0.25) is 5.09 Å². The summed E-state index contributed by atoms with van der Waals surface area (Å²) >= 11 is 2.16. The molecule has 0 aromatic heterocycles. The molecule has 1 atom stereocenters. The molecule has 0 spiro atoms. The predicted octanol–water partition coefficient (Wildman–Crippen LogP) is 2.35. The van der Waals surface area contributed by atoms with Crippen LogP contribution in [0.15, 0.2) is 42.5 Å². The Kier molecular flexibility index (Phi) is 6.51. The van der Waals surface area contributed by atoms with Gasteiger partial charge >= 0.3 is 102 Å².